The summed E-state index contributed by atoms with van der Waals surface area (Å²) in [6.07, 6.45) is -2.69. The van der Waals surface area contributed by atoms with Gasteiger partial charge in [-0.2, -0.15) is 27.1 Å². The summed E-state index contributed by atoms with van der Waals surface area (Å²) in [5, 5.41) is 6.88. The molecule has 0 aliphatic rings. The van der Waals surface area contributed by atoms with Crippen LogP contribution in [0.2, 0.25) is 25.7 Å². The minimum atomic E-state index is -5.08. The van der Waals surface area contributed by atoms with Crippen molar-refractivity contribution in [2.45, 2.75) is 70.6 Å². The standard InChI is InChI=1S/C26H31BrF6N4O4Si/c1-42(2,3)10-9-40-15-37-24(39)22(26(31,32)33)21(13-34-37)35-17(14-41-25(29)30)5-4-7-36-8-6-16-11-19(27)20(28)12-18(16)23(36)38/h6,8,11-13,17,25,35H,4-5,7,9-10,14-15H2,1-3H3/t17-/m1/s1. The molecule has 0 aliphatic heterocycles. The SMILES string of the molecule is C[Si](C)(C)CCOCn1ncc(N[C@H](CCCn2ccc3cc(Br)c(F)cc3c2=O)COC(F)F)c(C(F)(F)F)c1=O. The molecule has 1 atom stereocenters. The summed E-state index contributed by atoms with van der Waals surface area (Å²) in [4.78, 5) is 25.5. The Morgan fingerprint density at radius 1 is 1.14 bits per heavy atom. The Balaban J connectivity index is 1.78. The van der Waals surface area contributed by atoms with Crippen molar-refractivity contribution in [1.29, 1.82) is 0 Å². The second-order valence-electron chi connectivity index (χ2n) is 10.8. The number of nitrogens with zero attached hydrogens (tertiary/aromatic N) is 3. The molecule has 0 aliphatic carbocycles. The molecule has 0 amide bonds. The molecule has 42 heavy (non-hydrogen) atoms. The minimum Gasteiger partial charge on any atom is -0.378 e. The number of nitrogens with one attached hydrogen (secondary N) is 1. The number of rotatable bonds is 14. The summed E-state index contributed by atoms with van der Waals surface area (Å²) in [6, 6.07) is 3.78. The van der Waals surface area contributed by atoms with Crippen molar-refractivity contribution in [3.8, 4) is 0 Å². The maximum Gasteiger partial charge on any atom is 0.423 e. The minimum absolute atomic E-state index is 0.0217. The number of pyridine rings is 1. The van der Waals surface area contributed by atoms with E-state index >= 15 is 0 Å². The molecule has 8 nitrogen and oxygen atoms in total. The monoisotopic (exact) mass is 684 g/mol. The van der Waals surface area contributed by atoms with Crippen LogP contribution in [-0.2, 0) is 28.9 Å². The molecule has 3 rings (SSSR count). The van der Waals surface area contributed by atoms with Crippen LogP contribution in [-0.4, -0.2) is 48.3 Å². The molecule has 3 aromatic rings. The van der Waals surface area contributed by atoms with E-state index in [1.54, 1.807) is 6.07 Å². The zero-order valence-corrected chi connectivity index (χ0v) is 25.7. The number of halogens is 7. The predicted molar refractivity (Wildman–Crippen MR) is 152 cm³/mol. The summed E-state index contributed by atoms with van der Waals surface area (Å²) >= 11 is 3.06. The van der Waals surface area contributed by atoms with E-state index in [4.69, 9.17) is 4.74 Å². The highest BCUT2D eigenvalue weighted by Gasteiger charge is 2.38. The first-order valence-corrected chi connectivity index (χ1v) is 17.5. The van der Waals surface area contributed by atoms with E-state index in [-0.39, 0.29) is 35.9 Å². The van der Waals surface area contributed by atoms with Crippen molar-refractivity contribution in [2.24, 2.45) is 0 Å². The van der Waals surface area contributed by atoms with E-state index in [1.807, 2.05) is 0 Å². The quantitative estimate of drug-likeness (QED) is 0.122. The maximum atomic E-state index is 14.0. The number of aromatic nitrogens is 3. The van der Waals surface area contributed by atoms with Crippen LogP contribution in [0.3, 0.4) is 0 Å². The van der Waals surface area contributed by atoms with Gasteiger partial charge in [0, 0.05) is 33.5 Å². The number of anilines is 1. The average Bonchev–Trinajstić information content (AvgIpc) is 2.87. The molecule has 2 aromatic heterocycles. The highest BCUT2D eigenvalue weighted by molar-refractivity contribution is 9.10. The van der Waals surface area contributed by atoms with Gasteiger partial charge in [-0.3, -0.25) is 9.59 Å². The van der Waals surface area contributed by atoms with Crippen LogP contribution in [0.1, 0.15) is 18.4 Å². The third-order valence-corrected chi connectivity index (χ3v) is 8.60. The number of hydrogen-bond donors (Lipinski definition) is 1. The smallest absolute Gasteiger partial charge is 0.378 e. The van der Waals surface area contributed by atoms with Crippen LogP contribution in [0.4, 0.5) is 32.0 Å². The summed E-state index contributed by atoms with van der Waals surface area (Å²) in [6.45, 7) is 2.24. The van der Waals surface area contributed by atoms with Crippen LogP contribution >= 0.6 is 15.9 Å². The number of aryl methyl sites for hydroxylation is 1. The lowest BCUT2D eigenvalue weighted by molar-refractivity contribution is -0.139. The fourth-order valence-electron chi connectivity index (χ4n) is 4.06. The van der Waals surface area contributed by atoms with Gasteiger partial charge in [-0.1, -0.05) is 19.6 Å². The first kappa shape index (κ1) is 33.8. The van der Waals surface area contributed by atoms with Crippen molar-refractivity contribution >= 4 is 40.5 Å². The highest BCUT2D eigenvalue weighted by Crippen LogP contribution is 2.32. The summed E-state index contributed by atoms with van der Waals surface area (Å²) in [5.74, 6) is -0.625. The fraction of sp³-hybridized carbons (Fsp3) is 0.500. The first-order valence-electron chi connectivity index (χ1n) is 13.0. The Bertz CT molecular complexity index is 1490. The lowest BCUT2D eigenvalue weighted by Gasteiger charge is -2.23. The van der Waals surface area contributed by atoms with E-state index in [2.05, 4.69) is 50.7 Å². The zero-order valence-electron chi connectivity index (χ0n) is 23.1. The van der Waals surface area contributed by atoms with Crippen LogP contribution in [0.25, 0.3) is 10.8 Å². The van der Waals surface area contributed by atoms with Crippen molar-refractivity contribution in [1.82, 2.24) is 14.3 Å². The second kappa shape index (κ2) is 14.2. The van der Waals surface area contributed by atoms with E-state index in [0.717, 1.165) is 18.3 Å². The Morgan fingerprint density at radius 3 is 2.50 bits per heavy atom. The molecule has 1 N–H and O–H groups in total. The average molecular weight is 686 g/mol. The Morgan fingerprint density at radius 2 is 1.86 bits per heavy atom. The summed E-state index contributed by atoms with van der Waals surface area (Å²) in [5.41, 5.74) is -4.19. The van der Waals surface area contributed by atoms with E-state index in [1.165, 1.54) is 16.8 Å². The van der Waals surface area contributed by atoms with Gasteiger partial charge in [-0.05, 0) is 58.4 Å². The third-order valence-electron chi connectivity index (χ3n) is 6.29. The molecule has 16 heteroatoms. The zero-order chi connectivity index (χ0) is 31.2. The van der Waals surface area contributed by atoms with Crippen molar-refractivity contribution in [3.63, 3.8) is 0 Å². The first-order chi connectivity index (χ1) is 19.6. The molecule has 0 bridgehead atoms. The molecular formula is C26H31BrF6N4O4Si. The lowest BCUT2D eigenvalue weighted by atomic mass is 10.1. The van der Waals surface area contributed by atoms with Crippen molar-refractivity contribution in [3.05, 3.63) is 67.2 Å². The topological polar surface area (TPSA) is 87.4 Å². The van der Waals surface area contributed by atoms with Gasteiger partial charge in [0.25, 0.3) is 11.1 Å². The van der Waals surface area contributed by atoms with Gasteiger partial charge in [0.15, 0.2) is 0 Å². The van der Waals surface area contributed by atoms with Gasteiger partial charge >= 0.3 is 12.8 Å². The fourth-order valence-corrected chi connectivity index (χ4v) is 5.18. The Labute approximate surface area is 246 Å². The Kier molecular flexibility index (Phi) is 11.4. The van der Waals surface area contributed by atoms with Crippen LogP contribution < -0.4 is 16.4 Å². The van der Waals surface area contributed by atoms with Crippen molar-refractivity contribution < 1.29 is 35.8 Å². The molecule has 2 heterocycles. The number of benzene rings is 1. The molecule has 232 valence electrons. The van der Waals surface area contributed by atoms with E-state index < -0.39 is 68.4 Å². The summed E-state index contributed by atoms with van der Waals surface area (Å²) in [7, 11) is -1.47. The highest BCUT2D eigenvalue weighted by atomic mass is 79.9. The molecule has 0 spiro atoms. The Hall–Kier alpha value is -2.69. The molecule has 0 unspecified atom stereocenters. The number of alkyl halides is 5. The predicted octanol–water partition coefficient (Wildman–Crippen LogP) is 6.29. The maximum absolute atomic E-state index is 14.0. The van der Waals surface area contributed by atoms with Gasteiger partial charge in [0.2, 0.25) is 0 Å². The van der Waals surface area contributed by atoms with Gasteiger partial charge in [0.05, 0.1) is 28.4 Å². The van der Waals surface area contributed by atoms with Crippen LogP contribution in [0.5, 0.6) is 0 Å². The largest absolute Gasteiger partial charge is 0.423 e. The van der Waals surface area contributed by atoms with Crippen LogP contribution in [0.15, 0.2) is 44.7 Å². The molecule has 0 radical (unpaired) electrons. The summed E-state index contributed by atoms with van der Waals surface area (Å²) < 4.78 is 93.2. The molecule has 0 fully saturated rings. The van der Waals surface area contributed by atoms with Crippen LogP contribution in [0, 0.1) is 5.82 Å². The second-order valence-corrected chi connectivity index (χ2v) is 17.3. The molecular weight excluding hydrogens is 654 g/mol. The van der Waals surface area contributed by atoms with Crippen molar-refractivity contribution in [2.75, 3.05) is 18.5 Å². The van der Waals surface area contributed by atoms with Gasteiger partial charge in [-0.25, -0.2) is 9.07 Å². The molecule has 1 aromatic carbocycles. The third kappa shape index (κ3) is 9.41. The molecule has 0 saturated carbocycles. The van der Waals surface area contributed by atoms with E-state index in [0.29, 0.717) is 10.1 Å². The number of ether oxygens (including phenoxy) is 2. The van der Waals surface area contributed by atoms with Gasteiger partial charge < -0.3 is 19.4 Å². The molecule has 0 saturated heterocycles. The number of fused-ring (bicyclic) bond motifs is 1. The lowest BCUT2D eigenvalue weighted by Crippen LogP contribution is -2.35. The van der Waals surface area contributed by atoms with Gasteiger partial charge in [0.1, 0.15) is 18.1 Å². The number of hydrogen-bond acceptors (Lipinski definition) is 6. The van der Waals surface area contributed by atoms with Gasteiger partial charge in [-0.15, -0.1) is 0 Å². The normalized spacial score (nSPS) is 13.2. The van der Waals surface area contributed by atoms with E-state index in [9.17, 15) is 35.9 Å².